The van der Waals surface area contributed by atoms with E-state index in [0.29, 0.717) is 0 Å². The highest BCUT2D eigenvalue weighted by Crippen LogP contribution is 1.92. The number of nitrogens with zero attached hydrogens (tertiary/aromatic N) is 2. The van der Waals surface area contributed by atoms with Gasteiger partial charge in [-0.3, -0.25) is 9.98 Å². The van der Waals surface area contributed by atoms with E-state index in [1.807, 2.05) is 13.8 Å². The molecular weight excluding hydrogens is 180 g/mol. The van der Waals surface area contributed by atoms with Crippen LogP contribution in [0.3, 0.4) is 0 Å². The van der Waals surface area contributed by atoms with E-state index < -0.39 is 0 Å². The lowest BCUT2D eigenvalue weighted by Crippen LogP contribution is -2.01. The van der Waals surface area contributed by atoms with Gasteiger partial charge in [-0.25, -0.2) is 0 Å². The molecule has 0 aromatic heterocycles. The largest absolute Gasteiger partial charge is 0.291 e. The molecule has 0 aliphatic carbocycles. The molecule has 0 atom stereocenters. The fraction of sp³-hybridized carbons (Fsp3) is 0.667. The van der Waals surface area contributed by atoms with E-state index in [-0.39, 0.29) is 0 Å². The molecular formula is C6H11BrN2. The molecule has 2 nitrogen and oxygen atoms in total. The van der Waals surface area contributed by atoms with Crippen LogP contribution in [-0.2, 0) is 0 Å². The Hall–Kier alpha value is -0.180. The first-order valence-corrected chi connectivity index (χ1v) is 3.65. The van der Waals surface area contributed by atoms with Crippen LogP contribution in [0.1, 0.15) is 13.8 Å². The third kappa shape index (κ3) is 3.40. The van der Waals surface area contributed by atoms with E-state index in [1.54, 1.807) is 7.05 Å². The number of aliphatic imine (C=N–C) groups is 2. The monoisotopic (exact) mass is 190 g/mol. The first-order valence-electron chi connectivity index (χ1n) is 2.86. The molecule has 0 aromatic carbocycles. The van der Waals surface area contributed by atoms with Crippen molar-refractivity contribution in [3.05, 3.63) is 0 Å². The molecule has 0 saturated carbocycles. The highest BCUT2D eigenvalue weighted by atomic mass is 79.9. The summed E-state index contributed by atoms with van der Waals surface area (Å²) in [6.07, 6.45) is 0. The van der Waals surface area contributed by atoms with Gasteiger partial charge in [0, 0.05) is 13.6 Å². The van der Waals surface area contributed by atoms with Crippen molar-refractivity contribution in [2.45, 2.75) is 13.8 Å². The number of hydrogen-bond acceptors (Lipinski definition) is 2. The van der Waals surface area contributed by atoms with Crippen LogP contribution in [0.2, 0.25) is 0 Å². The maximum absolute atomic E-state index is 4.10. The molecule has 9 heavy (non-hydrogen) atoms. The second kappa shape index (κ2) is 4.68. The van der Waals surface area contributed by atoms with Crippen molar-refractivity contribution >= 4 is 26.3 Å². The smallest absolute Gasteiger partial charge is 0.121 e. The van der Waals surface area contributed by atoms with E-state index >= 15 is 0 Å². The molecule has 0 spiro atoms. The standard InChI is InChI=1S/C6H11BrN2/c1-4-9-6(7)5(2)8-3/h4H2,1-3H3. The Morgan fingerprint density at radius 2 is 2.11 bits per heavy atom. The zero-order valence-electron chi connectivity index (χ0n) is 5.98. The van der Waals surface area contributed by atoms with Crippen molar-refractivity contribution in [1.82, 2.24) is 0 Å². The molecule has 0 N–H and O–H groups in total. The summed E-state index contributed by atoms with van der Waals surface area (Å²) in [5, 5.41) is 0. The first kappa shape index (κ1) is 8.82. The summed E-state index contributed by atoms with van der Waals surface area (Å²) in [5.74, 6) is 0. The van der Waals surface area contributed by atoms with Crippen LogP contribution in [0.15, 0.2) is 9.98 Å². The second-order valence-electron chi connectivity index (χ2n) is 1.57. The van der Waals surface area contributed by atoms with Crippen LogP contribution < -0.4 is 0 Å². The number of rotatable bonds is 2. The lowest BCUT2D eigenvalue weighted by Gasteiger charge is -1.92. The molecule has 0 unspecified atom stereocenters. The fourth-order valence-electron chi connectivity index (χ4n) is 0.345. The van der Waals surface area contributed by atoms with Gasteiger partial charge in [0.25, 0.3) is 0 Å². The van der Waals surface area contributed by atoms with Gasteiger partial charge in [-0.1, -0.05) is 0 Å². The minimum absolute atomic E-state index is 0.799. The van der Waals surface area contributed by atoms with E-state index in [9.17, 15) is 0 Å². The highest BCUT2D eigenvalue weighted by molar-refractivity contribution is 9.19. The molecule has 0 bridgehead atoms. The van der Waals surface area contributed by atoms with Crippen LogP contribution in [0.4, 0.5) is 0 Å². The van der Waals surface area contributed by atoms with E-state index in [0.717, 1.165) is 16.9 Å². The zero-order chi connectivity index (χ0) is 7.28. The van der Waals surface area contributed by atoms with Crippen LogP contribution >= 0.6 is 15.9 Å². The Morgan fingerprint density at radius 1 is 1.56 bits per heavy atom. The maximum Gasteiger partial charge on any atom is 0.121 e. The summed E-state index contributed by atoms with van der Waals surface area (Å²) in [5.41, 5.74) is 0.942. The summed E-state index contributed by atoms with van der Waals surface area (Å²) in [4.78, 5) is 8.04. The normalized spacial score (nSPS) is 14.2. The molecule has 0 aliphatic rings. The van der Waals surface area contributed by atoms with Gasteiger partial charge >= 0.3 is 0 Å². The Bertz CT molecular complexity index is 138. The average molecular weight is 191 g/mol. The minimum atomic E-state index is 0.799. The summed E-state index contributed by atoms with van der Waals surface area (Å²) >= 11 is 3.28. The van der Waals surface area contributed by atoms with Crippen LogP contribution in [-0.4, -0.2) is 23.9 Å². The van der Waals surface area contributed by atoms with Crippen LogP contribution in [0, 0.1) is 0 Å². The van der Waals surface area contributed by atoms with Gasteiger partial charge in [0.1, 0.15) is 4.62 Å². The van der Waals surface area contributed by atoms with Crippen molar-refractivity contribution in [1.29, 1.82) is 0 Å². The van der Waals surface area contributed by atoms with Gasteiger partial charge < -0.3 is 0 Å². The lowest BCUT2D eigenvalue weighted by atomic mass is 10.5. The topological polar surface area (TPSA) is 24.7 Å². The predicted molar refractivity (Wildman–Crippen MR) is 45.9 cm³/mol. The third-order valence-corrected chi connectivity index (χ3v) is 1.76. The van der Waals surface area contributed by atoms with Crippen molar-refractivity contribution in [3.63, 3.8) is 0 Å². The quantitative estimate of drug-likeness (QED) is 0.595. The third-order valence-electron chi connectivity index (χ3n) is 0.931. The second-order valence-corrected chi connectivity index (χ2v) is 2.33. The SMILES string of the molecule is CCN=C(Br)C(C)=NC. The molecule has 0 radical (unpaired) electrons. The fourth-order valence-corrected chi connectivity index (χ4v) is 0.774. The van der Waals surface area contributed by atoms with Crippen LogP contribution in [0.25, 0.3) is 0 Å². The molecule has 3 heteroatoms. The molecule has 52 valence electrons. The summed E-state index contributed by atoms with van der Waals surface area (Å²) in [6, 6.07) is 0. The van der Waals surface area contributed by atoms with E-state index in [1.165, 1.54) is 0 Å². The van der Waals surface area contributed by atoms with Gasteiger partial charge in [-0.2, -0.15) is 0 Å². The Morgan fingerprint density at radius 3 is 2.44 bits per heavy atom. The first-order chi connectivity index (χ1) is 4.22. The molecule has 0 heterocycles. The predicted octanol–water partition coefficient (Wildman–Crippen LogP) is 1.89. The minimum Gasteiger partial charge on any atom is -0.291 e. The molecule has 0 saturated heterocycles. The van der Waals surface area contributed by atoms with Crippen molar-refractivity contribution in [2.24, 2.45) is 9.98 Å². The maximum atomic E-state index is 4.10. The highest BCUT2D eigenvalue weighted by Gasteiger charge is 1.93. The van der Waals surface area contributed by atoms with Gasteiger partial charge in [0.2, 0.25) is 0 Å². The summed E-state index contributed by atoms with van der Waals surface area (Å²) < 4.78 is 0.854. The van der Waals surface area contributed by atoms with Crippen molar-refractivity contribution < 1.29 is 0 Å². The van der Waals surface area contributed by atoms with Gasteiger partial charge in [-0.05, 0) is 29.8 Å². The zero-order valence-corrected chi connectivity index (χ0v) is 7.57. The number of hydrogen-bond donors (Lipinski definition) is 0. The van der Waals surface area contributed by atoms with Crippen molar-refractivity contribution in [2.75, 3.05) is 13.6 Å². The molecule has 0 amide bonds. The summed E-state index contributed by atoms with van der Waals surface area (Å²) in [6.45, 7) is 4.71. The van der Waals surface area contributed by atoms with Gasteiger partial charge in [0.05, 0.1) is 5.71 Å². The van der Waals surface area contributed by atoms with E-state index in [4.69, 9.17) is 0 Å². The lowest BCUT2D eigenvalue weighted by molar-refractivity contribution is 1.14. The van der Waals surface area contributed by atoms with Crippen molar-refractivity contribution in [3.8, 4) is 0 Å². The Kier molecular flexibility index (Phi) is 4.58. The average Bonchev–Trinajstić information content (AvgIpc) is 1.87. The molecule has 0 aliphatic heterocycles. The Balaban J connectivity index is 4.03. The van der Waals surface area contributed by atoms with E-state index in [2.05, 4.69) is 25.9 Å². The van der Waals surface area contributed by atoms with Crippen LogP contribution in [0.5, 0.6) is 0 Å². The van der Waals surface area contributed by atoms with Gasteiger partial charge in [0.15, 0.2) is 0 Å². The molecule has 0 aromatic rings. The number of halogens is 1. The molecule has 0 rings (SSSR count). The molecule has 0 fully saturated rings. The Labute approximate surface area is 64.2 Å². The summed E-state index contributed by atoms with van der Waals surface area (Å²) in [7, 11) is 1.75. The van der Waals surface area contributed by atoms with Gasteiger partial charge in [-0.15, -0.1) is 0 Å².